The minimum absolute atomic E-state index is 0.0265. The van der Waals surface area contributed by atoms with Crippen LogP contribution in [0.25, 0.3) is 28.1 Å². The van der Waals surface area contributed by atoms with Gasteiger partial charge in [0.1, 0.15) is 11.8 Å². The van der Waals surface area contributed by atoms with Gasteiger partial charge in [-0.2, -0.15) is 10.2 Å². The number of rotatable bonds is 5. The van der Waals surface area contributed by atoms with Crippen molar-refractivity contribution in [3.8, 4) is 12.0 Å². The van der Waals surface area contributed by atoms with Crippen LogP contribution in [0.1, 0.15) is 24.4 Å². The van der Waals surface area contributed by atoms with Crippen molar-refractivity contribution in [3.63, 3.8) is 0 Å². The molecule has 1 saturated heterocycles. The quantitative estimate of drug-likeness (QED) is 0.358. The number of ether oxygens (including phenoxy) is 1. The highest BCUT2D eigenvalue weighted by atomic mass is 32.2. The Bertz CT molecular complexity index is 1780. The number of fused-ring (bicyclic) bond motifs is 2. The maximum Gasteiger partial charge on any atom is 0.238 e. The van der Waals surface area contributed by atoms with E-state index in [0.717, 1.165) is 23.9 Å². The topological polar surface area (TPSA) is 167 Å². The van der Waals surface area contributed by atoms with Crippen molar-refractivity contribution in [1.29, 1.82) is 5.26 Å². The van der Waals surface area contributed by atoms with Crippen LogP contribution >= 0.6 is 0 Å². The van der Waals surface area contributed by atoms with Gasteiger partial charge in [-0.15, -0.1) is 0 Å². The summed E-state index contributed by atoms with van der Waals surface area (Å²) in [6, 6.07) is 13.6. The molecule has 0 bridgehead atoms. The zero-order valence-corrected chi connectivity index (χ0v) is 20.3. The van der Waals surface area contributed by atoms with Gasteiger partial charge in [0.25, 0.3) is 0 Å². The smallest absolute Gasteiger partial charge is 0.238 e. The fourth-order valence-corrected chi connectivity index (χ4v) is 4.98. The van der Waals surface area contributed by atoms with E-state index >= 15 is 0 Å². The number of nitrogens with two attached hydrogens (primary N) is 1. The van der Waals surface area contributed by atoms with Crippen LogP contribution < -0.4 is 10.5 Å². The highest BCUT2D eigenvalue weighted by Gasteiger charge is 2.24. The largest absolute Gasteiger partial charge is 0.381 e. The van der Waals surface area contributed by atoms with E-state index in [1.807, 2.05) is 4.57 Å². The molecule has 3 aromatic heterocycles. The lowest BCUT2D eigenvalue weighted by molar-refractivity contribution is 0.0710. The van der Waals surface area contributed by atoms with Crippen LogP contribution in [0, 0.1) is 11.3 Å². The summed E-state index contributed by atoms with van der Waals surface area (Å²) in [4.78, 5) is 18.6. The number of nitrogens with one attached hydrogen (secondary N) is 1. The first-order chi connectivity index (χ1) is 17.9. The molecule has 0 radical (unpaired) electrons. The number of benzene rings is 2. The van der Waals surface area contributed by atoms with Crippen LogP contribution in [0.15, 0.2) is 59.9 Å². The van der Waals surface area contributed by atoms with Crippen molar-refractivity contribution in [3.05, 3.63) is 60.6 Å². The molecule has 13 heteroatoms. The van der Waals surface area contributed by atoms with Crippen LogP contribution in [0.2, 0.25) is 0 Å². The molecule has 0 unspecified atom stereocenters. The summed E-state index contributed by atoms with van der Waals surface area (Å²) >= 11 is 0. The first-order valence-corrected chi connectivity index (χ1v) is 13.1. The molecular formula is C24H21N9O3S. The molecule has 0 aliphatic carbocycles. The van der Waals surface area contributed by atoms with Crippen LogP contribution in [0.3, 0.4) is 0 Å². The maximum atomic E-state index is 11.6. The molecule has 12 nitrogen and oxygen atoms in total. The minimum Gasteiger partial charge on any atom is -0.381 e. The molecule has 186 valence electrons. The minimum atomic E-state index is -3.79. The molecule has 5 aromatic rings. The van der Waals surface area contributed by atoms with Crippen molar-refractivity contribution in [2.45, 2.75) is 23.8 Å². The van der Waals surface area contributed by atoms with Crippen LogP contribution in [-0.2, 0) is 14.8 Å². The number of hydrogen-bond donors (Lipinski definition) is 2. The van der Waals surface area contributed by atoms with Crippen molar-refractivity contribution < 1.29 is 13.2 Å². The molecular weight excluding hydrogens is 494 g/mol. The Balaban J connectivity index is 1.46. The number of nitriles is 1. The number of aromatic nitrogens is 6. The predicted molar refractivity (Wildman–Crippen MR) is 135 cm³/mol. The molecule has 0 spiro atoms. The van der Waals surface area contributed by atoms with Gasteiger partial charge in [0.2, 0.25) is 21.9 Å². The molecule has 3 N–H and O–H groups in total. The summed E-state index contributed by atoms with van der Waals surface area (Å²) in [5.41, 5.74) is 3.85. The molecule has 0 amide bonds. The summed E-state index contributed by atoms with van der Waals surface area (Å²) in [5.74, 6) is 0.960. The number of primary sulfonamides is 1. The van der Waals surface area contributed by atoms with Gasteiger partial charge >= 0.3 is 0 Å². The highest BCUT2D eigenvalue weighted by molar-refractivity contribution is 7.89. The zero-order valence-electron chi connectivity index (χ0n) is 19.4. The van der Waals surface area contributed by atoms with E-state index in [1.165, 1.54) is 12.1 Å². The summed E-state index contributed by atoms with van der Waals surface area (Å²) in [6.45, 7) is 1.24. The third-order valence-corrected chi connectivity index (χ3v) is 7.24. The fourth-order valence-electron chi connectivity index (χ4n) is 4.47. The van der Waals surface area contributed by atoms with Gasteiger partial charge in [0.15, 0.2) is 5.65 Å². The van der Waals surface area contributed by atoms with E-state index in [9.17, 15) is 13.7 Å². The number of nitrogens with zero attached hydrogens (tertiary/aromatic N) is 7. The van der Waals surface area contributed by atoms with Crippen LogP contribution in [-0.4, -0.2) is 50.7 Å². The van der Waals surface area contributed by atoms with Gasteiger partial charge in [0.05, 0.1) is 33.8 Å². The Hall–Kier alpha value is -4.38. The fraction of sp³-hybridized carbons (Fsp3) is 0.208. The lowest BCUT2D eigenvalue weighted by Gasteiger charge is -2.25. The molecule has 1 fully saturated rings. The second kappa shape index (κ2) is 8.93. The van der Waals surface area contributed by atoms with E-state index in [-0.39, 0.29) is 10.9 Å². The van der Waals surface area contributed by atoms with E-state index in [2.05, 4.69) is 21.4 Å². The number of sulfonamides is 1. The average Bonchev–Trinajstić information content (AvgIpc) is 3.49. The molecule has 0 atom stereocenters. The molecule has 6 rings (SSSR count). The molecule has 2 aromatic carbocycles. The van der Waals surface area contributed by atoms with Crippen molar-refractivity contribution in [2.75, 3.05) is 18.5 Å². The second-order valence-electron chi connectivity index (χ2n) is 8.65. The normalized spacial score (nSPS) is 14.7. The molecule has 1 aliphatic heterocycles. The molecule has 0 saturated carbocycles. The Morgan fingerprint density at radius 1 is 1.05 bits per heavy atom. The van der Waals surface area contributed by atoms with Gasteiger partial charge in [-0.25, -0.2) is 28.5 Å². The zero-order chi connectivity index (χ0) is 25.6. The third-order valence-electron chi connectivity index (χ3n) is 6.31. The summed E-state index contributed by atoms with van der Waals surface area (Å²) in [6.07, 6.45) is 4.85. The number of anilines is 2. The third kappa shape index (κ3) is 4.27. The van der Waals surface area contributed by atoms with Crippen molar-refractivity contribution in [1.82, 2.24) is 29.1 Å². The first kappa shape index (κ1) is 23.0. The summed E-state index contributed by atoms with van der Waals surface area (Å²) in [5, 5.41) is 17.8. The Kier molecular flexibility index (Phi) is 5.56. The standard InChI is InChI=1S/C24H21N9O3S/c25-12-15-1-6-19-21(11-15)32(14-28-19)23-27-13-20-22(31-23)33(17-7-9-36-10-8-17)24(30-20)29-16-2-4-18(5-3-16)37(26,34)35/h1-6,11,13-14,17H,7-10H2,(H,29,30)(H2,26,34,35). The van der Waals surface area contributed by atoms with Crippen LogP contribution in [0.5, 0.6) is 0 Å². The molecule has 4 heterocycles. The van der Waals surface area contributed by atoms with Gasteiger partial charge in [-0.05, 0) is 55.3 Å². The average molecular weight is 516 g/mol. The van der Waals surface area contributed by atoms with E-state index in [1.54, 1.807) is 47.4 Å². The monoisotopic (exact) mass is 515 g/mol. The Morgan fingerprint density at radius 2 is 1.84 bits per heavy atom. The molecule has 37 heavy (non-hydrogen) atoms. The van der Waals surface area contributed by atoms with E-state index in [0.29, 0.717) is 47.5 Å². The van der Waals surface area contributed by atoms with Crippen molar-refractivity contribution in [2.24, 2.45) is 5.14 Å². The van der Waals surface area contributed by atoms with E-state index < -0.39 is 10.0 Å². The van der Waals surface area contributed by atoms with E-state index in [4.69, 9.17) is 19.8 Å². The van der Waals surface area contributed by atoms with Crippen LogP contribution in [0.4, 0.5) is 11.6 Å². The lowest BCUT2D eigenvalue weighted by atomic mass is 10.1. The van der Waals surface area contributed by atoms with Gasteiger partial charge in [-0.1, -0.05) is 0 Å². The summed E-state index contributed by atoms with van der Waals surface area (Å²) in [7, 11) is -3.79. The Morgan fingerprint density at radius 3 is 2.57 bits per heavy atom. The highest BCUT2D eigenvalue weighted by Crippen LogP contribution is 2.31. The predicted octanol–water partition coefficient (Wildman–Crippen LogP) is 2.78. The maximum absolute atomic E-state index is 11.6. The van der Waals surface area contributed by atoms with Gasteiger partial charge in [-0.3, -0.25) is 9.13 Å². The SMILES string of the molecule is N#Cc1ccc2ncn(-c3ncc4nc(Nc5ccc(S(N)(=O)=O)cc5)n(C5CCOCC5)c4n3)c2c1. The van der Waals surface area contributed by atoms with Gasteiger partial charge in [0, 0.05) is 24.9 Å². The Labute approximate surface area is 211 Å². The second-order valence-corrected chi connectivity index (χ2v) is 10.2. The first-order valence-electron chi connectivity index (χ1n) is 11.5. The summed E-state index contributed by atoms with van der Waals surface area (Å²) < 4.78 is 32.6. The number of hydrogen-bond acceptors (Lipinski definition) is 9. The number of imidazole rings is 2. The lowest BCUT2D eigenvalue weighted by Crippen LogP contribution is -2.21. The van der Waals surface area contributed by atoms with Crippen molar-refractivity contribution >= 4 is 43.9 Å². The molecule has 1 aliphatic rings. The van der Waals surface area contributed by atoms with Gasteiger partial charge < -0.3 is 10.1 Å².